The first-order valence-corrected chi connectivity index (χ1v) is 8.38. The number of halogens is 1. The highest BCUT2D eigenvalue weighted by atomic mass is 79.9. The van der Waals surface area contributed by atoms with Gasteiger partial charge in [-0.15, -0.1) is 0 Å². The summed E-state index contributed by atoms with van der Waals surface area (Å²) in [6.45, 7) is 3.34. The molecule has 0 aliphatic heterocycles. The minimum Gasteiger partial charge on any atom is -0.293 e. The molecule has 0 fully saturated rings. The van der Waals surface area contributed by atoms with E-state index in [0.717, 1.165) is 3.97 Å². The van der Waals surface area contributed by atoms with E-state index in [0.29, 0.717) is 11.3 Å². The lowest BCUT2D eigenvalue weighted by molar-refractivity contribution is 0.0995. The molecule has 20 heavy (non-hydrogen) atoms. The number of carbonyl (C=O) groups is 1. The number of hydrogen-bond donors (Lipinski definition) is 0. The summed E-state index contributed by atoms with van der Waals surface area (Å²) in [4.78, 5) is 11.8. The number of aromatic nitrogens is 1. The van der Waals surface area contributed by atoms with Crippen LogP contribution in [0.1, 0.15) is 23.0 Å². The van der Waals surface area contributed by atoms with Gasteiger partial charge >= 0.3 is 0 Å². The Morgan fingerprint density at radius 2 is 1.80 bits per heavy atom. The van der Waals surface area contributed by atoms with E-state index in [1.54, 1.807) is 32.0 Å². The van der Waals surface area contributed by atoms with Gasteiger partial charge in [-0.05, 0) is 32.0 Å². The highest BCUT2D eigenvalue weighted by molar-refractivity contribution is 9.10. The van der Waals surface area contributed by atoms with Crippen LogP contribution in [0.5, 0.6) is 0 Å². The van der Waals surface area contributed by atoms with E-state index in [9.17, 15) is 13.2 Å². The molecule has 1 unspecified atom stereocenters. The number of hydrogen-bond acceptors (Lipinski definition) is 3. The van der Waals surface area contributed by atoms with Gasteiger partial charge in [0.25, 0.3) is 10.0 Å². The van der Waals surface area contributed by atoms with Crippen molar-refractivity contribution in [1.29, 1.82) is 0 Å². The summed E-state index contributed by atoms with van der Waals surface area (Å²) in [5.74, 6) is -0.135. The second kappa shape index (κ2) is 5.54. The van der Waals surface area contributed by atoms with E-state index in [-0.39, 0.29) is 15.5 Å². The Morgan fingerprint density at radius 3 is 2.35 bits per heavy atom. The zero-order valence-corrected chi connectivity index (χ0v) is 13.5. The first-order chi connectivity index (χ1) is 9.35. The van der Waals surface area contributed by atoms with Gasteiger partial charge in [0.2, 0.25) is 0 Å². The molecule has 0 aliphatic carbocycles. The van der Waals surface area contributed by atoms with Crippen molar-refractivity contribution in [2.75, 3.05) is 0 Å². The van der Waals surface area contributed by atoms with Crippen LogP contribution in [-0.2, 0) is 10.0 Å². The van der Waals surface area contributed by atoms with Gasteiger partial charge in [-0.2, -0.15) is 0 Å². The van der Waals surface area contributed by atoms with Crippen LogP contribution >= 0.6 is 15.9 Å². The van der Waals surface area contributed by atoms with Crippen LogP contribution in [0.25, 0.3) is 0 Å². The average molecular weight is 356 g/mol. The van der Waals surface area contributed by atoms with Crippen LogP contribution in [0, 0.1) is 6.92 Å². The highest BCUT2D eigenvalue weighted by Gasteiger charge is 2.23. The second-order valence-electron chi connectivity index (χ2n) is 4.41. The first kappa shape index (κ1) is 15.0. The first-order valence-electron chi connectivity index (χ1n) is 6.02. The number of Topliss-reactive ketones (excluding diaryl/α,β-unsaturated/α-hetero) is 1. The predicted molar refractivity (Wildman–Crippen MR) is 80.9 cm³/mol. The van der Waals surface area contributed by atoms with E-state index in [1.165, 1.54) is 24.4 Å². The van der Waals surface area contributed by atoms with Gasteiger partial charge in [-0.3, -0.25) is 4.79 Å². The lowest BCUT2D eigenvalue weighted by Gasteiger charge is -2.09. The normalized spacial score (nSPS) is 13.2. The summed E-state index contributed by atoms with van der Waals surface area (Å²) in [5.41, 5.74) is 0.832. The zero-order chi connectivity index (χ0) is 14.9. The minimum absolute atomic E-state index is 0.135. The minimum atomic E-state index is -3.66. The van der Waals surface area contributed by atoms with Crippen molar-refractivity contribution in [3.05, 3.63) is 53.9 Å². The molecule has 2 aromatic rings. The van der Waals surface area contributed by atoms with Crippen molar-refractivity contribution in [1.82, 2.24) is 3.97 Å². The Bertz CT molecular complexity index is 733. The van der Waals surface area contributed by atoms with Crippen LogP contribution in [0.4, 0.5) is 0 Å². The lowest BCUT2D eigenvalue weighted by atomic mass is 10.1. The summed E-state index contributed by atoms with van der Waals surface area (Å²) < 4.78 is 26.1. The van der Waals surface area contributed by atoms with Crippen molar-refractivity contribution in [2.24, 2.45) is 0 Å². The average Bonchev–Trinajstić information content (AvgIpc) is 2.81. The third kappa shape index (κ3) is 2.58. The predicted octanol–water partition coefficient (Wildman–Crippen LogP) is 3.00. The maximum atomic E-state index is 12.5. The second-order valence-corrected chi connectivity index (χ2v) is 7.60. The van der Waals surface area contributed by atoms with Gasteiger partial charge in [0, 0.05) is 17.5 Å². The van der Waals surface area contributed by atoms with Crippen molar-refractivity contribution < 1.29 is 13.2 Å². The highest BCUT2D eigenvalue weighted by Crippen LogP contribution is 2.21. The Labute approximate surface area is 126 Å². The Balaban J connectivity index is 2.53. The monoisotopic (exact) mass is 355 g/mol. The summed E-state index contributed by atoms with van der Waals surface area (Å²) in [5, 5.41) is 0. The number of alkyl halides is 1. The van der Waals surface area contributed by atoms with Crippen LogP contribution < -0.4 is 0 Å². The van der Waals surface area contributed by atoms with Crippen LogP contribution in [0.2, 0.25) is 0 Å². The molecule has 6 heteroatoms. The Hall–Kier alpha value is -1.40. The third-order valence-electron chi connectivity index (χ3n) is 3.02. The van der Waals surface area contributed by atoms with Gasteiger partial charge in [-0.1, -0.05) is 34.1 Å². The maximum absolute atomic E-state index is 12.5. The molecule has 1 atom stereocenters. The molecule has 0 amide bonds. The van der Waals surface area contributed by atoms with E-state index in [2.05, 4.69) is 15.9 Å². The molecule has 2 rings (SSSR count). The molecule has 0 N–H and O–H groups in total. The summed E-state index contributed by atoms with van der Waals surface area (Å²) in [6.07, 6.45) is 1.42. The summed E-state index contributed by atoms with van der Waals surface area (Å²) in [6, 6.07) is 9.68. The molecule has 4 nitrogen and oxygen atoms in total. The molecule has 1 aromatic heterocycles. The van der Waals surface area contributed by atoms with Crippen molar-refractivity contribution in [3.63, 3.8) is 0 Å². The molecule has 0 saturated heterocycles. The molecule has 0 bridgehead atoms. The van der Waals surface area contributed by atoms with Gasteiger partial charge < -0.3 is 0 Å². The number of rotatable bonds is 4. The topological polar surface area (TPSA) is 56.1 Å². The largest absolute Gasteiger partial charge is 0.293 e. The van der Waals surface area contributed by atoms with Crippen LogP contribution in [-0.4, -0.2) is 23.0 Å². The quantitative estimate of drug-likeness (QED) is 0.625. The van der Waals surface area contributed by atoms with E-state index in [4.69, 9.17) is 0 Å². The molecule has 0 radical (unpaired) electrons. The SMILES string of the molecule is Cc1c(C(=O)C(C)Br)ccn1S(=O)(=O)c1ccccc1. The van der Waals surface area contributed by atoms with Gasteiger partial charge in [0.15, 0.2) is 5.78 Å². The van der Waals surface area contributed by atoms with Gasteiger partial charge in [0.05, 0.1) is 9.72 Å². The van der Waals surface area contributed by atoms with Crippen molar-refractivity contribution in [3.8, 4) is 0 Å². The van der Waals surface area contributed by atoms with E-state index < -0.39 is 10.0 Å². The summed E-state index contributed by atoms with van der Waals surface area (Å²) in [7, 11) is -3.66. The van der Waals surface area contributed by atoms with Crippen LogP contribution in [0.15, 0.2) is 47.5 Å². The lowest BCUT2D eigenvalue weighted by Crippen LogP contribution is -2.16. The maximum Gasteiger partial charge on any atom is 0.267 e. The van der Waals surface area contributed by atoms with Gasteiger partial charge in [-0.25, -0.2) is 12.4 Å². The number of carbonyl (C=O) groups excluding carboxylic acids is 1. The van der Waals surface area contributed by atoms with Crippen molar-refractivity contribution in [2.45, 2.75) is 23.6 Å². The van der Waals surface area contributed by atoms with Crippen LogP contribution in [0.3, 0.4) is 0 Å². The fourth-order valence-corrected chi connectivity index (χ4v) is 3.59. The standard InChI is InChI=1S/C14H14BrNO3S/c1-10(15)14(17)13-8-9-16(11(13)2)20(18,19)12-6-4-3-5-7-12/h3-10H,1-2H3. The number of nitrogens with zero attached hydrogens (tertiary/aromatic N) is 1. The molecule has 1 aromatic carbocycles. The number of ketones is 1. The zero-order valence-electron chi connectivity index (χ0n) is 11.1. The number of benzene rings is 1. The summed E-state index contributed by atoms with van der Waals surface area (Å²) >= 11 is 3.21. The molecule has 106 valence electrons. The molecular formula is C14H14BrNO3S. The fraction of sp³-hybridized carbons (Fsp3) is 0.214. The molecule has 0 spiro atoms. The molecule has 0 aliphatic rings. The van der Waals surface area contributed by atoms with E-state index >= 15 is 0 Å². The Morgan fingerprint density at radius 1 is 1.20 bits per heavy atom. The Kier molecular flexibility index (Phi) is 4.15. The molecule has 0 saturated carbocycles. The smallest absolute Gasteiger partial charge is 0.267 e. The third-order valence-corrected chi connectivity index (χ3v) is 5.22. The molecule has 1 heterocycles. The molecular weight excluding hydrogens is 342 g/mol. The van der Waals surface area contributed by atoms with E-state index in [1.807, 2.05) is 0 Å². The van der Waals surface area contributed by atoms with Crippen molar-refractivity contribution >= 4 is 31.7 Å². The van der Waals surface area contributed by atoms with Gasteiger partial charge in [0.1, 0.15) is 0 Å². The fourth-order valence-electron chi connectivity index (χ4n) is 1.93.